The highest BCUT2D eigenvalue weighted by Gasteiger charge is 2.46. The molecule has 0 aliphatic carbocycles. The van der Waals surface area contributed by atoms with Gasteiger partial charge in [-0.25, -0.2) is 8.42 Å². The molecule has 6 heteroatoms. The first-order valence-corrected chi connectivity index (χ1v) is 9.22. The summed E-state index contributed by atoms with van der Waals surface area (Å²) in [5.41, 5.74) is 2.58. The normalized spacial score (nSPS) is 27.0. The van der Waals surface area contributed by atoms with Gasteiger partial charge in [-0.3, -0.25) is 4.90 Å². The van der Waals surface area contributed by atoms with Gasteiger partial charge in [0.1, 0.15) is 6.07 Å². The van der Waals surface area contributed by atoms with Crippen molar-refractivity contribution in [3.8, 4) is 6.07 Å². The van der Waals surface area contributed by atoms with Crippen molar-refractivity contribution in [2.75, 3.05) is 18.8 Å². The van der Waals surface area contributed by atoms with E-state index in [1.807, 2.05) is 35.0 Å². The first kappa shape index (κ1) is 13.8. The Balaban J connectivity index is 1.62. The van der Waals surface area contributed by atoms with E-state index in [4.69, 9.17) is 0 Å². The third-order valence-corrected chi connectivity index (χ3v) is 7.22. The number of rotatable bonds is 2. The molecule has 0 amide bonds. The van der Waals surface area contributed by atoms with Gasteiger partial charge in [-0.15, -0.1) is 0 Å². The highest BCUT2D eigenvalue weighted by atomic mass is 32.2. The van der Waals surface area contributed by atoms with Crippen molar-refractivity contribution in [3.63, 3.8) is 0 Å². The molecule has 114 valence electrons. The van der Waals surface area contributed by atoms with Crippen LogP contribution in [0.5, 0.6) is 0 Å². The van der Waals surface area contributed by atoms with Gasteiger partial charge in [0.25, 0.3) is 0 Å². The van der Waals surface area contributed by atoms with Crippen molar-refractivity contribution in [2.45, 2.75) is 18.2 Å². The van der Waals surface area contributed by atoms with Crippen molar-refractivity contribution in [1.82, 2.24) is 9.30 Å². The van der Waals surface area contributed by atoms with Crippen molar-refractivity contribution in [1.29, 1.82) is 5.26 Å². The van der Waals surface area contributed by atoms with Crippen LogP contribution in [0.4, 0.5) is 0 Å². The summed E-state index contributed by atoms with van der Waals surface area (Å²) in [5.74, 6) is 0.614. The number of aromatic nitrogens is 1. The first-order valence-electron chi connectivity index (χ1n) is 7.51. The maximum atomic E-state index is 12.0. The van der Waals surface area contributed by atoms with Crippen molar-refractivity contribution < 1.29 is 8.42 Å². The molecule has 2 atom stereocenters. The number of likely N-dealkylation sites (tertiary alicyclic amines) is 1. The van der Waals surface area contributed by atoms with Gasteiger partial charge < -0.3 is 4.40 Å². The number of nitrogens with zero attached hydrogens (tertiary/aromatic N) is 3. The smallest absolute Gasteiger partial charge is 0.154 e. The van der Waals surface area contributed by atoms with Gasteiger partial charge >= 0.3 is 0 Å². The highest BCUT2D eigenvalue weighted by Crippen LogP contribution is 2.34. The number of hydrogen-bond donors (Lipinski definition) is 0. The fourth-order valence-electron chi connectivity index (χ4n) is 3.87. The second-order valence-corrected chi connectivity index (χ2v) is 8.62. The summed E-state index contributed by atoms with van der Waals surface area (Å²) in [7, 11) is -2.90. The molecule has 0 spiro atoms. The van der Waals surface area contributed by atoms with Gasteiger partial charge in [-0.05, 0) is 24.5 Å². The molecule has 2 aromatic heterocycles. The number of sulfone groups is 1. The summed E-state index contributed by atoms with van der Waals surface area (Å²) in [6.45, 7) is 2.07. The Kier molecular flexibility index (Phi) is 3.03. The lowest BCUT2D eigenvalue weighted by Gasteiger charge is -2.15. The maximum absolute atomic E-state index is 12.0. The van der Waals surface area contributed by atoms with Gasteiger partial charge in [0.05, 0.1) is 22.1 Å². The molecule has 0 saturated carbocycles. The molecule has 0 radical (unpaired) electrons. The third kappa shape index (κ3) is 2.04. The monoisotopic (exact) mass is 315 g/mol. The van der Waals surface area contributed by atoms with E-state index in [9.17, 15) is 13.7 Å². The van der Waals surface area contributed by atoms with E-state index in [-0.39, 0.29) is 11.2 Å². The molecule has 5 nitrogen and oxygen atoms in total. The second kappa shape index (κ2) is 4.83. The minimum absolute atomic E-state index is 0.199. The molecule has 0 aromatic carbocycles. The molecular formula is C16H17N3O2S. The van der Waals surface area contributed by atoms with Crippen molar-refractivity contribution in [2.24, 2.45) is 5.92 Å². The minimum atomic E-state index is -2.90. The molecule has 2 aromatic rings. The Morgan fingerprint density at radius 1 is 1.32 bits per heavy atom. The molecule has 0 N–H and O–H groups in total. The number of fused-ring (bicyclic) bond motifs is 2. The van der Waals surface area contributed by atoms with Crippen LogP contribution >= 0.6 is 0 Å². The SMILES string of the molecule is N#Cc1c(CN2C[C@@H]3CCS(=O)(=O)[C@@H]3C2)cn2ccccc12. The molecule has 4 heterocycles. The van der Waals surface area contributed by atoms with E-state index in [1.165, 1.54) is 0 Å². The Hall–Kier alpha value is -1.84. The van der Waals surface area contributed by atoms with E-state index in [2.05, 4.69) is 11.0 Å². The summed E-state index contributed by atoms with van der Waals surface area (Å²) < 4.78 is 26.0. The number of hydrogen-bond acceptors (Lipinski definition) is 4. The lowest BCUT2D eigenvalue weighted by atomic mass is 10.1. The van der Waals surface area contributed by atoms with Crippen LogP contribution in [0.15, 0.2) is 30.6 Å². The van der Waals surface area contributed by atoms with Crippen LogP contribution in [0.2, 0.25) is 0 Å². The zero-order valence-electron chi connectivity index (χ0n) is 12.1. The van der Waals surface area contributed by atoms with Gasteiger partial charge in [0.2, 0.25) is 0 Å². The van der Waals surface area contributed by atoms with Crippen LogP contribution in [0, 0.1) is 17.2 Å². The Labute approximate surface area is 129 Å². The largest absolute Gasteiger partial charge is 0.322 e. The standard InChI is InChI=1S/C16H17N3O2S/c17-7-14-13(10-19-5-2-1-3-15(14)19)9-18-8-12-4-6-22(20,21)16(12)11-18/h1-3,5,10,12,16H,4,6,8-9,11H2/t12-,16+/m0/s1. The van der Waals surface area contributed by atoms with Gasteiger partial charge in [0.15, 0.2) is 9.84 Å². The fraction of sp³-hybridized carbons (Fsp3) is 0.438. The Morgan fingerprint density at radius 2 is 2.18 bits per heavy atom. The maximum Gasteiger partial charge on any atom is 0.154 e. The third-order valence-electron chi connectivity index (χ3n) is 4.96. The summed E-state index contributed by atoms with van der Waals surface area (Å²) in [6, 6.07) is 8.09. The summed E-state index contributed by atoms with van der Waals surface area (Å²) >= 11 is 0. The highest BCUT2D eigenvalue weighted by molar-refractivity contribution is 7.92. The van der Waals surface area contributed by atoms with Crippen molar-refractivity contribution in [3.05, 3.63) is 41.7 Å². The predicted octanol–water partition coefficient (Wildman–Crippen LogP) is 1.43. The number of pyridine rings is 1. The van der Waals surface area contributed by atoms with Crippen molar-refractivity contribution >= 4 is 15.4 Å². The Bertz CT molecular complexity index is 878. The van der Waals surface area contributed by atoms with E-state index in [0.717, 1.165) is 24.0 Å². The van der Waals surface area contributed by atoms with Crippen LogP contribution in [-0.2, 0) is 16.4 Å². The lowest BCUT2D eigenvalue weighted by molar-refractivity contribution is 0.314. The summed E-state index contributed by atoms with van der Waals surface area (Å²) in [6.07, 6.45) is 4.70. The van der Waals surface area contributed by atoms with Crippen LogP contribution in [0.3, 0.4) is 0 Å². The van der Waals surface area contributed by atoms with Gasteiger partial charge in [-0.2, -0.15) is 5.26 Å². The summed E-state index contributed by atoms with van der Waals surface area (Å²) in [4.78, 5) is 2.18. The Morgan fingerprint density at radius 3 is 2.95 bits per heavy atom. The molecule has 2 aliphatic rings. The van der Waals surface area contributed by atoms with Crippen LogP contribution in [0.25, 0.3) is 5.52 Å². The zero-order valence-corrected chi connectivity index (χ0v) is 13.0. The molecule has 2 saturated heterocycles. The van der Waals surface area contributed by atoms with E-state index >= 15 is 0 Å². The molecule has 0 bridgehead atoms. The molecule has 4 rings (SSSR count). The number of nitriles is 1. The fourth-order valence-corrected chi connectivity index (χ4v) is 6.06. The van der Waals surface area contributed by atoms with Crippen LogP contribution in [0.1, 0.15) is 17.5 Å². The molecule has 2 fully saturated rings. The molecule has 0 unspecified atom stereocenters. The first-order chi connectivity index (χ1) is 10.6. The summed E-state index contributed by atoms with van der Waals surface area (Å²) in [5, 5.41) is 9.25. The average Bonchev–Trinajstić information content (AvgIpc) is 3.13. The van der Waals surface area contributed by atoms with Crippen LogP contribution < -0.4 is 0 Å². The second-order valence-electron chi connectivity index (χ2n) is 6.28. The van der Waals surface area contributed by atoms with Gasteiger partial charge in [-0.1, -0.05) is 6.07 Å². The van der Waals surface area contributed by atoms with E-state index < -0.39 is 9.84 Å². The van der Waals surface area contributed by atoms with Crippen LogP contribution in [-0.4, -0.2) is 41.8 Å². The van der Waals surface area contributed by atoms with E-state index in [1.54, 1.807) is 0 Å². The zero-order chi connectivity index (χ0) is 15.3. The lowest BCUT2D eigenvalue weighted by Crippen LogP contribution is -2.26. The molecule has 22 heavy (non-hydrogen) atoms. The van der Waals surface area contributed by atoms with Gasteiger partial charge in [0, 0.05) is 37.6 Å². The predicted molar refractivity (Wildman–Crippen MR) is 83.1 cm³/mol. The quantitative estimate of drug-likeness (QED) is 0.841. The van der Waals surface area contributed by atoms with E-state index in [0.29, 0.717) is 24.4 Å². The molecular weight excluding hydrogens is 298 g/mol. The topological polar surface area (TPSA) is 65.6 Å². The average molecular weight is 315 g/mol. The molecule has 2 aliphatic heterocycles. The minimum Gasteiger partial charge on any atom is -0.322 e.